The highest BCUT2D eigenvalue weighted by Crippen LogP contribution is 2.18. The Hall–Kier alpha value is -1.32. The van der Waals surface area contributed by atoms with Gasteiger partial charge in [-0.1, -0.05) is 18.7 Å². The summed E-state index contributed by atoms with van der Waals surface area (Å²) < 4.78 is 0. The van der Waals surface area contributed by atoms with Crippen LogP contribution in [0.25, 0.3) is 12.2 Å². The fourth-order valence-corrected chi connectivity index (χ4v) is 1.54. The number of aromatic amines is 1. The Bertz CT molecular complexity index is 353. The number of hydrogen-bond donors (Lipinski definition) is 3. The van der Waals surface area contributed by atoms with Crippen LogP contribution in [0.15, 0.2) is 18.9 Å². The van der Waals surface area contributed by atoms with Crippen molar-refractivity contribution in [1.82, 2.24) is 4.98 Å². The standard InChI is InChI=1S/C12H18N2O/c1-3-5-11-9(6-10(13)8-15)7-14-12(11)4-2/h3-5,7,10,14-15H,2,6,8,13H2,1H3/b5-3-. The van der Waals surface area contributed by atoms with E-state index in [0.717, 1.165) is 16.8 Å². The molecule has 0 bridgehead atoms. The van der Waals surface area contributed by atoms with Crippen molar-refractivity contribution in [3.8, 4) is 0 Å². The zero-order chi connectivity index (χ0) is 11.3. The Morgan fingerprint density at radius 2 is 2.40 bits per heavy atom. The molecule has 0 aromatic carbocycles. The Kier molecular flexibility index (Phi) is 4.34. The highest BCUT2D eigenvalue weighted by molar-refractivity contribution is 5.65. The summed E-state index contributed by atoms with van der Waals surface area (Å²) in [5.41, 5.74) is 8.92. The molecule has 1 aromatic heterocycles. The lowest BCUT2D eigenvalue weighted by molar-refractivity contribution is 0.265. The van der Waals surface area contributed by atoms with E-state index >= 15 is 0 Å². The number of nitrogens with two attached hydrogens (primary N) is 1. The summed E-state index contributed by atoms with van der Waals surface area (Å²) in [4.78, 5) is 3.13. The molecule has 1 aromatic rings. The monoisotopic (exact) mass is 206 g/mol. The van der Waals surface area contributed by atoms with Gasteiger partial charge in [0.1, 0.15) is 0 Å². The van der Waals surface area contributed by atoms with Crippen molar-refractivity contribution in [1.29, 1.82) is 0 Å². The van der Waals surface area contributed by atoms with E-state index in [-0.39, 0.29) is 12.6 Å². The molecule has 1 heterocycles. The van der Waals surface area contributed by atoms with Gasteiger partial charge in [-0.05, 0) is 25.0 Å². The van der Waals surface area contributed by atoms with E-state index in [0.29, 0.717) is 6.42 Å². The third-order valence-electron chi connectivity index (χ3n) is 2.29. The van der Waals surface area contributed by atoms with Crippen molar-refractivity contribution in [2.75, 3.05) is 6.61 Å². The van der Waals surface area contributed by atoms with Crippen LogP contribution >= 0.6 is 0 Å². The number of nitrogens with one attached hydrogen (secondary N) is 1. The smallest absolute Gasteiger partial charge is 0.0585 e. The van der Waals surface area contributed by atoms with Gasteiger partial charge in [-0.2, -0.15) is 0 Å². The zero-order valence-electron chi connectivity index (χ0n) is 9.03. The summed E-state index contributed by atoms with van der Waals surface area (Å²) in [6.07, 6.45) is 8.36. The summed E-state index contributed by atoms with van der Waals surface area (Å²) in [6, 6.07) is -0.206. The quantitative estimate of drug-likeness (QED) is 0.684. The highest BCUT2D eigenvalue weighted by Gasteiger charge is 2.09. The van der Waals surface area contributed by atoms with Crippen LogP contribution in [0, 0.1) is 0 Å². The molecule has 1 atom stereocenters. The van der Waals surface area contributed by atoms with E-state index in [9.17, 15) is 0 Å². The molecule has 4 N–H and O–H groups in total. The molecule has 0 saturated heterocycles. The molecule has 0 aliphatic carbocycles. The summed E-state index contributed by atoms with van der Waals surface area (Å²) in [6.45, 7) is 5.71. The fourth-order valence-electron chi connectivity index (χ4n) is 1.54. The van der Waals surface area contributed by atoms with Gasteiger partial charge in [0, 0.05) is 23.5 Å². The lowest BCUT2D eigenvalue weighted by Gasteiger charge is -2.07. The molecule has 0 aliphatic heterocycles. The van der Waals surface area contributed by atoms with Gasteiger partial charge in [0.15, 0.2) is 0 Å². The third-order valence-corrected chi connectivity index (χ3v) is 2.29. The van der Waals surface area contributed by atoms with Gasteiger partial charge in [-0.3, -0.25) is 0 Å². The molecule has 82 valence electrons. The number of aliphatic hydroxyl groups excluding tert-OH is 1. The van der Waals surface area contributed by atoms with Crippen LogP contribution in [0.2, 0.25) is 0 Å². The van der Waals surface area contributed by atoms with Gasteiger partial charge in [0.05, 0.1) is 6.61 Å². The predicted octanol–water partition coefficient (Wildman–Crippen LogP) is 1.55. The molecule has 0 radical (unpaired) electrons. The van der Waals surface area contributed by atoms with E-state index in [1.807, 2.05) is 25.3 Å². The van der Waals surface area contributed by atoms with Crippen molar-refractivity contribution in [2.24, 2.45) is 5.73 Å². The van der Waals surface area contributed by atoms with Gasteiger partial charge in [-0.15, -0.1) is 0 Å². The van der Waals surface area contributed by atoms with Crippen LogP contribution in [0.4, 0.5) is 0 Å². The lowest BCUT2D eigenvalue weighted by atomic mass is 10.0. The SMILES string of the molecule is C=Cc1[nH]cc(CC(N)CO)c1/C=C\C. The number of H-pyrrole nitrogens is 1. The second kappa shape index (κ2) is 5.53. The first kappa shape index (κ1) is 11.8. The number of rotatable bonds is 5. The van der Waals surface area contributed by atoms with Crippen molar-refractivity contribution in [2.45, 2.75) is 19.4 Å². The summed E-state index contributed by atoms with van der Waals surface area (Å²) in [5.74, 6) is 0. The predicted molar refractivity (Wildman–Crippen MR) is 64.4 cm³/mol. The Morgan fingerprint density at radius 3 is 2.93 bits per heavy atom. The number of allylic oxidation sites excluding steroid dienone is 1. The van der Waals surface area contributed by atoms with E-state index in [1.165, 1.54) is 0 Å². The number of hydrogen-bond acceptors (Lipinski definition) is 2. The van der Waals surface area contributed by atoms with E-state index < -0.39 is 0 Å². The molecular weight excluding hydrogens is 188 g/mol. The number of aromatic nitrogens is 1. The van der Waals surface area contributed by atoms with Crippen molar-refractivity contribution in [3.63, 3.8) is 0 Å². The van der Waals surface area contributed by atoms with Gasteiger partial charge in [0.2, 0.25) is 0 Å². The Morgan fingerprint density at radius 1 is 1.67 bits per heavy atom. The summed E-state index contributed by atoms with van der Waals surface area (Å²) >= 11 is 0. The lowest BCUT2D eigenvalue weighted by Crippen LogP contribution is -2.26. The molecule has 0 spiro atoms. The van der Waals surface area contributed by atoms with Crippen molar-refractivity contribution < 1.29 is 5.11 Å². The van der Waals surface area contributed by atoms with Gasteiger partial charge >= 0.3 is 0 Å². The molecule has 0 amide bonds. The highest BCUT2D eigenvalue weighted by atomic mass is 16.3. The molecule has 1 rings (SSSR count). The third kappa shape index (κ3) is 2.81. The summed E-state index contributed by atoms with van der Waals surface area (Å²) in [7, 11) is 0. The van der Waals surface area contributed by atoms with Crippen LogP contribution < -0.4 is 5.73 Å². The van der Waals surface area contributed by atoms with Crippen LogP contribution in [-0.4, -0.2) is 22.7 Å². The van der Waals surface area contributed by atoms with Gasteiger partial charge < -0.3 is 15.8 Å². The van der Waals surface area contributed by atoms with E-state index in [4.69, 9.17) is 10.8 Å². The van der Waals surface area contributed by atoms with Crippen LogP contribution in [0.1, 0.15) is 23.7 Å². The van der Waals surface area contributed by atoms with Gasteiger partial charge in [-0.25, -0.2) is 0 Å². The van der Waals surface area contributed by atoms with Crippen molar-refractivity contribution >= 4 is 12.2 Å². The first-order chi connectivity index (χ1) is 7.22. The second-order valence-corrected chi connectivity index (χ2v) is 3.49. The fraction of sp³-hybridized carbons (Fsp3) is 0.333. The van der Waals surface area contributed by atoms with E-state index in [2.05, 4.69) is 11.6 Å². The summed E-state index contributed by atoms with van der Waals surface area (Å²) in [5, 5.41) is 8.91. The molecule has 3 nitrogen and oxygen atoms in total. The van der Waals surface area contributed by atoms with Crippen LogP contribution in [0.3, 0.4) is 0 Å². The number of aliphatic hydroxyl groups is 1. The topological polar surface area (TPSA) is 62.0 Å². The maximum absolute atomic E-state index is 8.91. The normalized spacial score (nSPS) is 13.3. The average molecular weight is 206 g/mol. The molecule has 0 fully saturated rings. The molecule has 15 heavy (non-hydrogen) atoms. The van der Waals surface area contributed by atoms with E-state index in [1.54, 1.807) is 6.08 Å². The molecular formula is C12H18N2O. The maximum Gasteiger partial charge on any atom is 0.0585 e. The first-order valence-corrected chi connectivity index (χ1v) is 5.04. The average Bonchev–Trinajstić information content (AvgIpc) is 2.61. The second-order valence-electron chi connectivity index (χ2n) is 3.49. The maximum atomic E-state index is 8.91. The molecule has 0 saturated carbocycles. The largest absolute Gasteiger partial charge is 0.395 e. The molecule has 0 aliphatic rings. The minimum absolute atomic E-state index is 0.00385. The Labute approximate surface area is 90.3 Å². The first-order valence-electron chi connectivity index (χ1n) is 5.04. The minimum atomic E-state index is -0.206. The molecule has 1 unspecified atom stereocenters. The van der Waals surface area contributed by atoms with Gasteiger partial charge in [0.25, 0.3) is 0 Å². The van der Waals surface area contributed by atoms with Crippen LogP contribution in [-0.2, 0) is 6.42 Å². The van der Waals surface area contributed by atoms with Crippen LogP contribution in [0.5, 0.6) is 0 Å². The zero-order valence-corrected chi connectivity index (χ0v) is 9.03. The Balaban J connectivity index is 2.96. The van der Waals surface area contributed by atoms with Crippen molar-refractivity contribution in [3.05, 3.63) is 35.7 Å². The molecule has 3 heteroatoms. The minimum Gasteiger partial charge on any atom is -0.395 e.